The number of aromatic amines is 1. The summed E-state index contributed by atoms with van der Waals surface area (Å²) in [5, 5.41) is 6.17. The van der Waals surface area contributed by atoms with Crippen LogP contribution < -0.4 is 0 Å². The fourth-order valence-electron chi connectivity index (χ4n) is 1.66. The number of rotatable bonds is 2. The van der Waals surface area contributed by atoms with Crippen LogP contribution in [0.4, 0.5) is 26.3 Å². The van der Waals surface area contributed by atoms with Crippen LogP contribution in [0.1, 0.15) is 22.4 Å². The van der Waals surface area contributed by atoms with E-state index in [1.54, 1.807) is 0 Å². The highest BCUT2D eigenvalue weighted by Crippen LogP contribution is 2.37. The Morgan fingerprint density at radius 1 is 0.905 bits per heavy atom. The van der Waals surface area contributed by atoms with Crippen molar-refractivity contribution in [3.63, 3.8) is 0 Å². The number of nitrogens with zero attached hydrogens (tertiary/aromatic N) is 1. The number of H-pyrrole nitrogens is 1. The number of hydrogen-bond acceptors (Lipinski definition) is 1. The third kappa shape index (κ3) is 3.65. The summed E-state index contributed by atoms with van der Waals surface area (Å²) in [6.07, 6.45) is -5.90. The summed E-state index contributed by atoms with van der Waals surface area (Å²) in [6.45, 7) is 0. The Morgan fingerprint density at radius 2 is 1.62 bits per heavy atom. The van der Waals surface area contributed by atoms with E-state index in [1.807, 2.05) is 0 Å². The molecule has 1 aromatic heterocycles. The highest BCUT2D eigenvalue weighted by Gasteiger charge is 2.37. The predicted molar refractivity (Wildman–Crippen MR) is 64.0 cm³/mol. The molecule has 0 spiro atoms. The van der Waals surface area contributed by atoms with Crippen LogP contribution in [0.15, 0.2) is 30.5 Å². The molecule has 0 atom stereocenters. The van der Waals surface area contributed by atoms with Crippen molar-refractivity contribution in [2.45, 2.75) is 12.4 Å². The van der Waals surface area contributed by atoms with E-state index in [0.29, 0.717) is 11.8 Å². The van der Waals surface area contributed by atoms with Crippen LogP contribution in [0.5, 0.6) is 0 Å². The summed E-state index contributed by atoms with van der Waals surface area (Å²) in [4.78, 5) is 0. The summed E-state index contributed by atoms with van der Waals surface area (Å²) >= 11 is 0. The van der Waals surface area contributed by atoms with Gasteiger partial charge in [0.15, 0.2) is 0 Å². The Morgan fingerprint density at radius 3 is 2.14 bits per heavy atom. The van der Waals surface area contributed by atoms with E-state index in [-0.39, 0.29) is 11.6 Å². The topological polar surface area (TPSA) is 28.7 Å². The van der Waals surface area contributed by atoms with Crippen molar-refractivity contribution < 1.29 is 26.3 Å². The lowest BCUT2D eigenvalue weighted by molar-refractivity contribution is -0.143. The maximum atomic E-state index is 12.9. The quantitative estimate of drug-likeness (QED) is 0.806. The number of nitrogens with one attached hydrogen (secondary N) is 1. The second kappa shape index (κ2) is 5.27. The van der Waals surface area contributed by atoms with Crippen LogP contribution >= 0.6 is 0 Å². The van der Waals surface area contributed by atoms with Crippen molar-refractivity contribution in [2.75, 3.05) is 0 Å². The minimum atomic E-state index is -4.88. The highest BCUT2D eigenvalue weighted by molar-refractivity contribution is 5.70. The maximum absolute atomic E-state index is 12.9. The van der Waals surface area contributed by atoms with Gasteiger partial charge in [-0.3, -0.25) is 5.10 Å². The molecular formula is C13H8F6N2. The smallest absolute Gasteiger partial charge is 0.285 e. The van der Waals surface area contributed by atoms with Gasteiger partial charge in [0.25, 0.3) is 0 Å². The van der Waals surface area contributed by atoms with E-state index in [4.69, 9.17) is 0 Å². The van der Waals surface area contributed by atoms with Gasteiger partial charge in [0.1, 0.15) is 0 Å². The summed E-state index contributed by atoms with van der Waals surface area (Å²) < 4.78 is 76.1. The molecule has 0 saturated carbocycles. The van der Waals surface area contributed by atoms with Gasteiger partial charge in [-0.2, -0.15) is 31.4 Å². The highest BCUT2D eigenvalue weighted by atomic mass is 19.4. The average Bonchev–Trinajstić information content (AvgIpc) is 2.87. The lowest BCUT2D eigenvalue weighted by Gasteiger charge is -2.14. The Labute approximate surface area is 115 Å². The molecule has 112 valence electrons. The number of aromatic nitrogens is 2. The van der Waals surface area contributed by atoms with Crippen LogP contribution in [0, 0.1) is 0 Å². The first-order valence-corrected chi connectivity index (χ1v) is 5.64. The molecule has 0 aliphatic rings. The number of halogens is 6. The first-order chi connectivity index (χ1) is 9.68. The number of benzene rings is 1. The molecule has 0 aliphatic heterocycles. The van der Waals surface area contributed by atoms with E-state index >= 15 is 0 Å². The maximum Gasteiger partial charge on any atom is 0.417 e. The Balaban J connectivity index is 2.46. The Hall–Kier alpha value is -2.25. The van der Waals surface area contributed by atoms with Crippen LogP contribution in [0.25, 0.3) is 12.2 Å². The monoisotopic (exact) mass is 306 g/mol. The average molecular weight is 306 g/mol. The number of alkyl halides is 6. The van der Waals surface area contributed by atoms with E-state index in [0.717, 1.165) is 12.1 Å². The zero-order chi connectivity index (χ0) is 15.7. The molecule has 0 fully saturated rings. The Kier molecular flexibility index (Phi) is 3.80. The van der Waals surface area contributed by atoms with Crippen molar-refractivity contribution in [1.82, 2.24) is 10.2 Å². The van der Waals surface area contributed by atoms with Crippen molar-refractivity contribution in [3.05, 3.63) is 52.8 Å². The molecule has 2 rings (SSSR count). The molecule has 2 aromatic rings. The standard InChI is InChI=1S/C13H8F6N2/c14-12(15,16)9-3-1-8(11(7-9)13(17,18)19)2-4-10-5-6-20-21-10/h1-7H,(H,20,21)/b4-2+. The molecule has 1 N–H and O–H groups in total. The minimum absolute atomic E-state index is 0.101. The zero-order valence-electron chi connectivity index (χ0n) is 10.3. The molecular weight excluding hydrogens is 298 g/mol. The lowest BCUT2D eigenvalue weighted by Crippen LogP contribution is -2.12. The van der Waals surface area contributed by atoms with Crippen molar-refractivity contribution in [3.8, 4) is 0 Å². The zero-order valence-corrected chi connectivity index (χ0v) is 10.3. The molecule has 0 unspecified atom stereocenters. The summed E-state index contributed by atoms with van der Waals surface area (Å²) in [7, 11) is 0. The van der Waals surface area contributed by atoms with Gasteiger partial charge in [-0.25, -0.2) is 0 Å². The molecule has 1 heterocycles. The predicted octanol–water partition coefficient (Wildman–Crippen LogP) is 4.62. The second-order valence-corrected chi connectivity index (χ2v) is 4.13. The molecule has 0 radical (unpaired) electrons. The SMILES string of the molecule is FC(F)(F)c1ccc(/C=C/c2cc[nH]n2)c(C(F)(F)F)c1. The van der Waals surface area contributed by atoms with Gasteiger partial charge >= 0.3 is 12.4 Å². The fourth-order valence-corrected chi connectivity index (χ4v) is 1.66. The first-order valence-electron chi connectivity index (χ1n) is 5.64. The van der Waals surface area contributed by atoms with E-state index in [2.05, 4.69) is 10.2 Å². The van der Waals surface area contributed by atoms with Gasteiger partial charge in [0.05, 0.1) is 16.8 Å². The summed E-state index contributed by atoms with van der Waals surface area (Å²) in [5.41, 5.74) is -2.68. The largest absolute Gasteiger partial charge is 0.417 e. The van der Waals surface area contributed by atoms with Crippen molar-refractivity contribution >= 4 is 12.2 Å². The number of hydrogen-bond donors (Lipinski definition) is 1. The van der Waals surface area contributed by atoms with Crippen molar-refractivity contribution in [2.24, 2.45) is 0 Å². The van der Waals surface area contributed by atoms with Gasteiger partial charge in [0, 0.05) is 6.20 Å². The van der Waals surface area contributed by atoms with E-state index < -0.39 is 23.5 Å². The van der Waals surface area contributed by atoms with Gasteiger partial charge in [0.2, 0.25) is 0 Å². The molecule has 0 bridgehead atoms. The first kappa shape index (κ1) is 15.1. The summed E-state index contributed by atoms with van der Waals surface area (Å²) in [5.74, 6) is 0. The van der Waals surface area contributed by atoms with E-state index in [1.165, 1.54) is 18.3 Å². The molecule has 1 aromatic carbocycles. The van der Waals surface area contributed by atoms with Crippen LogP contribution in [-0.4, -0.2) is 10.2 Å². The van der Waals surface area contributed by atoms with E-state index in [9.17, 15) is 26.3 Å². The van der Waals surface area contributed by atoms with Crippen molar-refractivity contribution in [1.29, 1.82) is 0 Å². The van der Waals surface area contributed by atoms with Gasteiger partial charge in [-0.1, -0.05) is 12.1 Å². The molecule has 2 nitrogen and oxygen atoms in total. The molecule has 0 amide bonds. The Bertz CT molecular complexity index is 638. The van der Waals surface area contributed by atoms with Crippen LogP contribution in [0.3, 0.4) is 0 Å². The van der Waals surface area contributed by atoms with Gasteiger partial charge < -0.3 is 0 Å². The molecule has 8 heteroatoms. The van der Waals surface area contributed by atoms with Crippen LogP contribution in [0.2, 0.25) is 0 Å². The fraction of sp³-hybridized carbons (Fsp3) is 0.154. The summed E-state index contributed by atoms with van der Waals surface area (Å²) in [6, 6.07) is 3.01. The van der Waals surface area contributed by atoms with Gasteiger partial charge in [-0.15, -0.1) is 0 Å². The third-order valence-corrected chi connectivity index (χ3v) is 2.64. The normalized spacial score (nSPS) is 13.0. The third-order valence-electron chi connectivity index (χ3n) is 2.64. The van der Waals surface area contributed by atoms with Crippen LogP contribution in [-0.2, 0) is 12.4 Å². The second-order valence-electron chi connectivity index (χ2n) is 4.13. The molecule has 0 aliphatic carbocycles. The lowest BCUT2D eigenvalue weighted by atomic mass is 10.0. The minimum Gasteiger partial charge on any atom is -0.285 e. The molecule has 21 heavy (non-hydrogen) atoms. The molecule has 0 saturated heterocycles. The van der Waals surface area contributed by atoms with Gasteiger partial charge in [-0.05, 0) is 29.8 Å².